The molecule has 0 atom stereocenters. The first-order valence-electron chi connectivity index (χ1n) is 7.80. The third-order valence-electron chi connectivity index (χ3n) is 3.48. The van der Waals surface area contributed by atoms with Crippen molar-refractivity contribution in [3.63, 3.8) is 0 Å². The Hall–Kier alpha value is -2.81. The Labute approximate surface area is 152 Å². The molecule has 3 rings (SSSR count). The lowest BCUT2D eigenvalue weighted by molar-refractivity contribution is -0.113. The van der Waals surface area contributed by atoms with Gasteiger partial charge in [-0.05, 0) is 19.1 Å². The summed E-state index contributed by atoms with van der Waals surface area (Å²) in [5.74, 6) is -1.50. The molecule has 3 aromatic rings. The van der Waals surface area contributed by atoms with Crippen LogP contribution in [0.3, 0.4) is 0 Å². The Morgan fingerprint density at radius 1 is 1.23 bits per heavy atom. The highest BCUT2D eigenvalue weighted by atomic mass is 32.2. The molecule has 0 aliphatic heterocycles. The minimum absolute atomic E-state index is 0.0568. The number of hydrogen-bond donors (Lipinski definition) is 1. The summed E-state index contributed by atoms with van der Waals surface area (Å²) in [6.07, 6.45) is 1.08. The molecule has 0 spiro atoms. The molecule has 9 heteroatoms. The zero-order valence-corrected chi connectivity index (χ0v) is 14.6. The zero-order valence-electron chi connectivity index (χ0n) is 13.8. The lowest BCUT2D eigenvalue weighted by Gasteiger charge is -2.08. The number of benzene rings is 1. The van der Waals surface area contributed by atoms with Crippen molar-refractivity contribution in [3.8, 4) is 11.4 Å². The lowest BCUT2D eigenvalue weighted by atomic mass is 10.2. The van der Waals surface area contributed by atoms with Crippen molar-refractivity contribution in [2.45, 2.75) is 18.6 Å². The second kappa shape index (κ2) is 8.05. The summed E-state index contributed by atoms with van der Waals surface area (Å²) in [7, 11) is 0. The molecule has 0 aliphatic carbocycles. The third-order valence-corrected chi connectivity index (χ3v) is 4.45. The van der Waals surface area contributed by atoms with Gasteiger partial charge < -0.3 is 9.88 Å². The van der Waals surface area contributed by atoms with E-state index in [1.54, 1.807) is 16.7 Å². The number of rotatable bonds is 6. The first kappa shape index (κ1) is 18.0. The number of hydrogen-bond acceptors (Lipinski definition) is 5. The second-order valence-electron chi connectivity index (χ2n) is 5.24. The van der Waals surface area contributed by atoms with E-state index in [2.05, 4.69) is 20.5 Å². The van der Waals surface area contributed by atoms with Gasteiger partial charge in [0.2, 0.25) is 11.9 Å². The van der Waals surface area contributed by atoms with Gasteiger partial charge in [-0.15, -0.1) is 10.2 Å². The fraction of sp³-hybridized carbons (Fsp3) is 0.176. The van der Waals surface area contributed by atoms with E-state index < -0.39 is 11.8 Å². The van der Waals surface area contributed by atoms with Crippen molar-refractivity contribution < 1.29 is 13.6 Å². The number of carbonyl (C=O) groups is 1. The van der Waals surface area contributed by atoms with Crippen LogP contribution in [0.5, 0.6) is 0 Å². The molecule has 0 bridgehead atoms. The molecule has 26 heavy (non-hydrogen) atoms. The van der Waals surface area contributed by atoms with Crippen LogP contribution >= 0.6 is 11.8 Å². The van der Waals surface area contributed by atoms with Gasteiger partial charge >= 0.3 is 0 Å². The largest absolute Gasteiger partial charge is 0.325 e. The smallest absolute Gasteiger partial charge is 0.234 e. The number of para-hydroxylation sites is 1. The molecule has 2 aromatic heterocycles. The molecule has 0 aliphatic rings. The molecule has 0 unspecified atom stereocenters. The molecule has 0 fully saturated rings. The summed E-state index contributed by atoms with van der Waals surface area (Å²) in [6, 6.07) is 9.80. The first-order chi connectivity index (χ1) is 12.6. The molecule has 134 valence electrons. The molecule has 0 saturated carbocycles. The number of amides is 1. The second-order valence-corrected chi connectivity index (χ2v) is 6.18. The van der Waals surface area contributed by atoms with E-state index in [4.69, 9.17) is 0 Å². The zero-order chi connectivity index (χ0) is 18.5. The number of halogens is 2. The van der Waals surface area contributed by atoms with Crippen LogP contribution in [0, 0.1) is 11.8 Å². The normalized spacial score (nSPS) is 10.7. The molecule has 2 heterocycles. The van der Waals surface area contributed by atoms with Crippen LogP contribution in [0.1, 0.15) is 6.92 Å². The predicted molar refractivity (Wildman–Crippen MR) is 94.6 cm³/mol. The summed E-state index contributed by atoms with van der Waals surface area (Å²) < 4.78 is 28.6. The molecular formula is C17H15F2N5OS. The number of pyridine rings is 1. The number of anilines is 1. The van der Waals surface area contributed by atoms with Crippen molar-refractivity contribution in [3.05, 3.63) is 54.4 Å². The van der Waals surface area contributed by atoms with Crippen LogP contribution in [-0.4, -0.2) is 31.4 Å². The maximum absolute atomic E-state index is 14.0. The molecule has 1 aromatic carbocycles. The van der Waals surface area contributed by atoms with Crippen molar-refractivity contribution in [1.82, 2.24) is 19.7 Å². The van der Waals surface area contributed by atoms with E-state index >= 15 is 0 Å². The predicted octanol–water partition coefficient (Wildman–Crippen LogP) is 3.37. The number of carbonyl (C=O) groups excluding carboxylic acids is 1. The molecule has 0 radical (unpaired) electrons. The Morgan fingerprint density at radius 2 is 2.00 bits per heavy atom. The third kappa shape index (κ3) is 4.05. The van der Waals surface area contributed by atoms with E-state index in [-0.39, 0.29) is 23.0 Å². The van der Waals surface area contributed by atoms with Crippen LogP contribution in [0.2, 0.25) is 0 Å². The SMILES string of the molecule is CCn1c(SCC(=O)Nc2ccccc2)nnc1-c1cnc(F)cc1F. The molecule has 1 amide bonds. The first-order valence-corrected chi connectivity index (χ1v) is 8.79. The molecule has 6 nitrogen and oxygen atoms in total. The fourth-order valence-electron chi connectivity index (χ4n) is 2.30. The molecular weight excluding hydrogens is 360 g/mol. The number of nitrogens with one attached hydrogen (secondary N) is 1. The number of nitrogens with zero attached hydrogens (tertiary/aromatic N) is 4. The van der Waals surface area contributed by atoms with Crippen LogP contribution in [0.15, 0.2) is 47.8 Å². The van der Waals surface area contributed by atoms with Crippen LogP contribution < -0.4 is 5.32 Å². The monoisotopic (exact) mass is 375 g/mol. The highest BCUT2D eigenvalue weighted by Crippen LogP contribution is 2.25. The van der Waals surface area contributed by atoms with E-state index in [1.165, 1.54) is 11.8 Å². The van der Waals surface area contributed by atoms with Crippen LogP contribution in [-0.2, 0) is 11.3 Å². The highest BCUT2D eigenvalue weighted by molar-refractivity contribution is 7.99. The summed E-state index contributed by atoms with van der Waals surface area (Å²) in [5.41, 5.74) is 0.761. The van der Waals surface area contributed by atoms with Gasteiger partial charge in [0, 0.05) is 24.5 Å². The van der Waals surface area contributed by atoms with Crippen LogP contribution in [0.4, 0.5) is 14.5 Å². The highest BCUT2D eigenvalue weighted by Gasteiger charge is 2.18. The van der Waals surface area contributed by atoms with Gasteiger partial charge in [0.25, 0.3) is 0 Å². The maximum Gasteiger partial charge on any atom is 0.234 e. The maximum atomic E-state index is 14.0. The van der Waals surface area contributed by atoms with Crippen molar-refractivity contribution >= 4 is 23.4 Å². The van der Waals surface area contributed by atoms with E-state index in [9.17, 15) is 13.6 Å². The lowest BCUT2D eigenvalue weighted by Crippen LogP contribution is -2.14. The number of thioether (sulfide) groups is 1. The van der Waals surface area contributed by atoms with Crippen LogP contribution in [0.25, 0.3) is 11.4 Å². The molecule has 0 saturated heterocycles. The fourth-order valence-corrected chi connectivity index (χ4v) is 3.10. The standard InChI is InChI=1S/C17H15F2N5OS/c1-2-24-16(12-9-20-14(19)8-13(12)18)22-23-17(24)26-10-15(25)21-11-6-4-3-5-7-11/h3-9H,2,10H2,1H3,(H,21,25). The van der Waals surface area contributed by atoms with Crippen molar-refractivity contribution in [2.24, 2.45) is 0 Å². The van der Waals surface area contributed by atoms with E-state index in [1.807, 2.05) is 25.1 Å². The molecule has 1 N–H and O–H groups in total. The minimum atomic E-state index is -0.902. The van der Waals surface area contributed by atoms with E-state index in [0.29, 0.717) is 23.5 Å². The topological polar surface area (TPSA) is 72.7 Å². The summed E-state index contributed by atoms with van der Waals surface area (Å²) in [5, 5.41) is 11.2. The Morgan fingerprint density at radius 3 is 2.69 bits per heavy atom. The Kier molecular flexibility index (Phi) is 5.57. The van der Waals surface area contributed by atoms with Gasteiger partial charge in [-0.1, -0.05) is 30.0 Å². The van der Waals surface area contributed by atoms with Gasteiger partial charge in [-0.25, -0.2) is 9.37 Å². The van der Waals surface area contributed by atoms with E-state index in [0.717, 1.165) is 6.20 Å². The Balaban J connectivity index is 1.73. The van der Waals surface area contributed by atoms with Gasteiger partial charge in [-0.2, -0.15) is 4.39 Å². The van der Waals surface area contributed by atoms with Gasteiger partial charge in [0.15, 0.2) is 11.0 Å². The average Bonchev–Trinajstić information content (AvgIpc) is 3.03. The average molecular weight is 375 g/mol. The van der Waals surface area contributed by atoms with Crippen molar-refractivity contribution in [1.29, 1.82) is 0 Å². The summed E-state index contributed by atoms with van der Waals surface area (Å²) in [4.78, 5) is 15.5. The van der Waals surface area contributed by atoms with Gasteiger partial charge in [0.1, 0.15) is 5.82 Å². The van der Waals surface area contributed by atoms with Gasteiger partial charge in [-0.3, -0.25) is 4.79 Å². The summed E-state index contributed by atoms with van der Waals surface area (Å²) in [6.45, 7) is 2.30. The quantitative estimate of drug-likeness (QED) is 0.528. The number of aromatic nitrogens is 4. The van der Waals surface area contributed by atoms with Gasteiger partial charge in [0.05, 0.1) is 11.3 Å². The summed E-state index contributed by atoms with van der Waals surface area (Å²) >= 11 is 1.18. The van der Waals surface area contributed by atoms with Crippen molar-refractivity contribution in [2.75, 3.05) is 11.1 Å². The minimum Gasteiger partial charge on any atom is -0.325 e. The Bertz CT molecular complexity index is 917.